The van der Waals surface area contributed by atoms with Crippen molar-refractivity contribution in [3.8, 4) is 0 Å². The fraction of sp³-hybridized carbons (Fsp3) is 1.00. The minimum atomic E-state index is 0.656. The molecule has 102 valence electrons. The maximum Gasteiger partial charge on any atom is 0.0254 e. The number of hydrogen-bond donors (Lipinski definition) is 1. The van der Waals surface area contributed by atoms with Gasteiger partial charge in [0, 0.05) is 25.2 Å². The monoisotopic (exact) mass is 241 g/mol. The molecule has 1 heterocycles. The van der Waals surface area contributed by atoms with Crippen LogP contribution in [0.15, 0.2) is 0 Å². The number of rotatable bonds is 7. The zero-order valence-electron chi connectivity index (χ0n) is 12.4. The van der Waals surface area contributed by atoms with Crippen LogP contribution < -0.4 is 5.32 Å². The number of likely N-dealkylation sites (tertiary alicyclic amines) is 1. The van der Waals surface area contributed by atoms with Gasteiger partial charge >= 0.3 is 0 Å². The van der Waals surface area contributed by atoms with Crippen LogP contribution in [0.5, 0.6) is 0 Å². The molecule has 1 aliphatic heterocycles. The van der Waals surface area contributed by atoms with Crippen molar-refractivity contribution in [3.63, 3.8) is 0 Å². The lowest BCUT2D eigenvalue weighted by Gasteiger charge is -2.23. The van der Waals surface area contributed by atoms with Crippen LogP contribution in [-0.4, -0.2) is 62.2 Å². The van der Waals surface area contributed by atoms with Gasteiger partial charge in [0.25, 0.3) is 0 Å². The Morgan fingerprint density at radius 1 is 1.35 bits per heavy atom. The van der Waals surface area contributed by atoms with Crippen LogP contribution in [0.3, 0.4) is 0 Å². The Morgan fingerprint density at radius 3 is 2.59 bits per heavy atom. The van der Waals surface area contributed by atoms with Crippen LogP contribution in [0.2, 0.25) is 0 Å². The summed E-state index contributed by atoms with van der Waals surface area (Å²) in [6, 6.07) is 1.40. The van der Waals surface area contributed by atoms with Gasteiger partial charge in [0.15, 0.2) is 0 Å². The molecule has 3 atom stereocenters. The summed E-state index contributed by atoms with van der Waals surface area (Å²) in [5.41, 5.74) is 0. The van der Waals surface area contributed by atoms with Gasteiger partial charge < -0.3 is 15.1 Å². The SMILES string of the molecule is CCCNC(C)CCN1CC(C)C(N(C)C)C1. The highest BCUT2D eigenvalue weighted by Gasteiger charge is 2.30. The molecule has 0 aliphatic carbocycles. The first-order valence-electron chi connectivity index (χ1n) is 7.16. The summed E-state index contributed by atoms with van der Waals surface area (Å²) >= 11 is 0. The van der Waals surface area contributed by atoms with Crippen LogP contribution in [0, 0.1) is 5.92 Å². The first-order valence-corrected chi connectivity index (χ1v) is 7.16. The summed E-state index contributed by atoms with van der Waals surface area (Å²) in [4.78, 5) is 5.00. The van der Waals surface area contributed by atoms with Crippen molar-refractivity contribution < 1.29 is 0 Å². The van der Waals surface area contributed by atoms with Gasteiger partial charge in [0.2, 0.25) is 0 Å². The Balaban J connectivity index is 2.21. The fourth-order valence-electron chi connectivity index (χ4n) is 2.77. The summed E-state index contributed by atoms with van der Waals surface area (Å²) in [5, 5.41) is 3.56. The van der Waals surface area contributed by atoms with Crippen LogP contribution in [0.4, 0.5) is 0 Å². The summed E-state index contributed by atoms with van der Waals surface area (Å²) < 4.78 is 0. The molecule has 1 N–H and O–H groups in total. The van der Waals surface area contributed by atoms with Gasteiger partial charge in [0.1, 0.15) is 0 Å². The largest absolute Gasteiger partial charge is 0.314 e. The smallest absolute Gasteiger partial charge is 0.0254 e. The number of likely N-dealkylation sites (N-methyl/N-ethyl adjacent to an activating group) is 1. The van der Waals surface area contributed by atoms with Gasteiger partial charge in [0.05, 0.1) is 0 Å². The fourth-order valence-corrected chi connectivity index (χ4v) is 2.77. The molecule has 0 spiro atoms. The highest BCUT2D eigenvalue weighted by Crippen LogP contribution is 2.20. The van der Waals surface area contributed by atoms with Gasteiger partial charge in [-0.15, -0.1) is 0 Å². The van der Waals surface area contributed by atoms with Crippen molar-refractivity contribution >= 4 is 0 Å². The highest BCUT2D eigenvalue weighted by molar-refractivity contribution is 4.86. The third-order valence-corrected chi connectivity index (χ3v) is 3.93. The van der Waals surface area contributed by atoms with E-state index < -0.39 is 0 Å². The first-order chi connectivity index (χ1) is 8.04. The summed E-state index contributed by atoms with van der Waals surface area (Å²) in [7, 11) is 4.41. The van der Waals surface area contributed by atoms with Crippen molar-refractivity contribution in [3.05, 3.63) is 0 Å². The molecule has 0 bridgehead atoms. The topological polar surface area (TPSA) is 18.5 Å². The molecule has 0 aromatic heterocycles. The van der Waals surface area contributed by atoms with Crippen LogP contribution >= 0.6 is 0 Å². The molecular formula is C14H31N3. The summed E-state index contributed by atoms with van der Waals surface area (Å²) in [6.45, 7) is 11.8. The van der Waals surface area contributed by atoms with Gasteiger partial charge in [-0.05, 0) is 52.9 Å². The van der Waals surface area contributed by atoms with Crippen molar-refractivity contribution in [2.75, 3.05) is 40.3 Å². The quantitative estimate of drug-likeness (QED) is 0.731. The van der Waals surface area contributed by atoms with Gasteiger partial charge in [-0.1, -0.05) is 13.8 Å². The van der Waals surface area contributed by atoms with Crippen LogP contribution in [0.25, 0.3) is 0 Å². The Hall–Kier alpha value is -0.120. The van der Waals surface area contributed by atoms with Crippen molar-refractivity contribution in [2.45, 2.75) is 45.7 Å². The van der Waals surface area contributed by atoms with E-state index in [0.29, 0.717) is 6.04 Å². The third-order valence-electron chi connectivity index (χ3n) is 3.93. The molecule has 3 unspecified atom stereocenters. The molecule has 0 radical (unpaired) electrons. The molecule has 0 aromatic carbocycles. The van der Waals surface area contributed by atoms with Crippen molar-refractivity contribution in [2.24, 2.45) is 5.92 Å². The van der Waals surface area contributed by atoms with Gasteiger partial charge in [-0.25, -0.2) is 0 Å². The molecule has 1 fully saturated rings. The van der Waals surface area contributed by atoms with Gasteiger partial charge in [-0.2, -0.15) is 0 Å². The van der Waals surface area contributed by atoms with Gasteiger partial charge in [-0.3, -0.25) is 0 Å². The molecule has 1 aliphatic rings. The molecular weight excluding hydrogens is 210 g/mol. The third kappa shape index (κ3) is 4.94. The van der Waals surface area contributed by atoms with Crippen molar-refractivity contribution in [1.29, 1.82) is 0 Å². The number of hydrogen-bond acceptors (Lipinski definition) is 3. The van der Waals surface area contributed by atoms with E-state index >= 15 is 0 Å². The average Bonchev–Trinajstić information content (AvgIpc) is 2.65. The molecule has 0 aromatic rings. The second-order valence-electron chi connectivity index (χ2n) is 5.91. The van der Waals surface area contributed by atoms with E-state index in [1.54, 1.807) is 0 Å². The van der Waals surface area contributed by atoms with E-state index in [0.717, 1.165) is 18.5 Å². The van der Waals surface area contributed by atoms with Crippen molar-refractivity contribution in [1.82, 2.24) is 15.1 Å². The Bertz CT molecular complexity index is 206. The van der Waals surface area contributed by atoms with E-state index in [2.05, 4.69) is 50.0 Å². The van der Waals surface area contributed by atoms with E-state index in [9.17, 15) is 0 Å². The number of nitrogens with zero attached hydrogens (tertiary/aromatic N) is 2. The normalized spacial score (nSPS) is 27.9. The molecule has 3 heteroatoms. The molecule has 17 heavy (non-hydrogen) atoms. The Morgan fingerprint density at radius 2 is 2.06 bits per heavy atom. The number of nitrogens with one attached hydrogen (secondary N) is 1. The minimum absolute atomic E-state index is 0.656. The minimum Gasteiger partial charge on any atom is -0.314 e. The highest BCUT2D eigenvalue weighted by atomic mass is 15.2. The predicted octanol–water partition coefficient (Wildman–Crippen LogP) is 1.65. The zero-order valence-corrected chi connectivity index (χ0v) is 12.4. The maximum atomic E-state index is 3.56. The lowest BCUT2D eigenvalue weighted by molar-refractivity contribution is 0.249. The zero-order chi connectivity index (χ0) is 12.8. The first kappa shape index (κ1) is 14.9. The van der Waals surface area contributed by atoms with E-state index in [4.69, 9.17) is 0 Å². The molecule has 1 saturated heterocycles. The molecule has 0 amide bonds. The molecule has 3 nitrogen and oxygen atoms in total. The molecule has 0 saturated carbocycles. The molecule has 1 rings (SSSR count). The maximum absolute atomic E-state index is 3.56. The standard InChI is InChI=1S/C14H31N3/c1-6-8-15-13(3)7-9-17-10-12(2)14(11-17)16(4)5/h12-15H,6-11H2,1-5H3. The predicted molar refractivity (Wildman–Crippen MR) is 75.5 cm³/mol. The lowest BCUT2D eigenvalue weighted by atomic mass is 10.1. The Labute approximate surface area is 108 Å². The van der Waals surface area contributed by atoms with Crippen LogP contribution in [-0.2, 0) is 0 Å². The van der Waals surface area contributed by atoms with Crippen LogP contribution in [0.1, 0.15) is 33.6 Å². The van der Waals surface area contributed by atoms with E-state index in [1.807, 2.05) is 0 Å². The van der Waals surface area contributed by atoms with E-state index in [1.165, 1.54) is 32.5 Å². The summed E-state index contributed by atoms with van der Waals surface area (Å²) in [6.07, 6.45) is 2.50. The summed E-state index contributed by atoms with van der Waals surface area (Å²) in [5.74, 6) is 0.809. The lowest BCUT2D eigenvalue weighted by Crippen LogP contribution is -2.35. The Kier molecular flexibility index (Phi) is 6.45. The average molecular weight is 241 g/mol. The second kappa shape index (κ2) is 7.34. The second-order valence-corrected chi connectivity index (χ2v) is 5.91. The van der Waals surface area contributed by atoms with E-state index in [-0.39, 0.29) is 0 Å².